The third-order valence-corrected chi connectivity index (χ3v) is 17.7. The smallest absolute Gasteiger partial charge is 0.270 e. The van der Waals surface area contributed by atoms with E-state index >= 15 is 0 Å². The summed E-state index contributed by atoms with van der Waals surface area (Å²) in [5, 5.41) is 15.3. The van der Waals surface area contributed by atoms with E-state index in [4.69, 9.17) is 72.5 Å². The molecule has 6 atom stereocenters. The first kappa shape index (κ1) is 56.1. The molecule has 0 amide bonds. The van der Waals surface area contributed by atoms with Crippen molar-refractivity contribution in [2.24, 2.45) is 0 Å². The van der Waals surface area contributed by atoms with Crippen LogP contribution < -0.4 is 28.4 Å². The number of H-pyrrole nitrogens is 2. The van der Waals surface area contributed by atoms with Crippen molar-refractivity contribution >= 4 is 49.8 Å². The van der Waals surface area contributed by atoms with E-state index in [1.54, 1.807) is 6.07 Å². The molecule has 0 fully saturated rings. The fraction of sp³-hybridized carbons (Fsp3) is 0.441. The van der Waals surface area contributed by atoms with Crippen molar-refractivity contribution in [3.8, 4) is 80.0 Å². The predicted octanol–water partition coefficient (Wildman–Crippen LogP) is 15.9. The molecule has 20 nitrogen and oxygen atoms in total. The van der Waals surface area contributed by atoms with Gasteiger partial charge < -0.3 is 52.6 Å². The van der Waals surface area contributed by atoms with E-state index in [1.807, 2.05) is 0 Å². The van der Waals surface area contributed by atoms with Crippen molar-refractivity contribution in [3.63, 3.8) is 0 Å². The molecule has 4 aromatic carbocycles. The van der Waals surface area contributed by atoms with Gasteiger partial charge in [-0.25, -0.2) is 29.9 Å². The lowest BCUT2D eigenvalue weighted by atomic mass is 9.89. The van der Waals surface area contributed by atoms with Crippen LogP contribution >= 0.6 is 0 Å². The van der Waals surface area contributed by atoms with Crippen LogP contribution in [-0.4, -0.2) is 84.4 Å². The lowest BCUT2D eigenvalue weighted by molar-refractivity contribution is -0.384. The predicted molar refractivity (Wildman–Crippen MR) is 332 cm³/mol. The number of fused-ring (bicyclic) bond motifs is 35. The first-order chi connectivity index (χ1) is 43.2. The Labute approximate surface area is 508 Å². The summed E-state index contributed by atoms with van der Waals surface area (Å²) >= 11 is 0. The van der Waals surface area contributed by atoms with Gasteiger partial charge in [-0.2, -0.15) is 0 Å². The highest BCUT2D eigenvalue weighted by atomic mass is 16.6. The number of hydrogen-bond acceptors (Lipinski definition) is 17. The first-order valence-electron chi connectivity index (χ1n) is 31.9. The Hall–Kier alpha value is -8.46. The molecule has 14 bridgehead atoms. The summed E-state index contributed by atoms with van der Waals surface area (Å²) in [6.07, 6.45) is 20.0. The van der Waals surface area contributed by atoms with E-state index in [9.17, 15) is 10.1 Å². The molecule has 0 spiro atoms. The number of nitro groups is 1. The van der Waals surface area contributed by atoms with Crippen molar-refractivity contribution in [2.75, 3.05) is 39.6 Å². The number of hydrogen-bond donors (Lipinski definition) is 2. The maximum Gasteiger partial charge on any atom is 0.270 e. The molecule has 3 aromatic heterocycles. The van der Waals surface area contributed by atoms with Gasteiger partial charge >= 0.3 is 0 Å². The minimum atomic E-state index is -0.433. The van der Waals surface area contributed by atoms with Crippen LogP contribution in [0.3, 0.4) is 0 Å². The van der Waals surface area contributed by atoms with Crippen molar-refractivity contribution < 1.29 is 47.6 Å². The zero-order valence-corrected chi connectivity index (χ0v) is 50.5. The lowest BCUT2D eigenvalue weighted by Gasteiger charge is -2.22. The molecular weight excluding hydrogens is 1120 g/mol. The van der Waals surface area contributed by atoms with Gasteiger partial charge in [-0.1, -0.05) is 117 Å². The summed E-state index contributed by atoms with van der Waals surface area (Å²) in [6, 6.07) is 4.63. The number of aromatic amines is 2. The van der Waals surface area contributed by atoms with Crippen molar-refractivity contribution in [1.29, 1.82) is 0 Å². The Morgan fingerprint density at radius 2 is 0.693 bits per heavy atom. The molecule has 2 N–H and O–H groups in total. The molecule has 8 aliphatic rings. The molecule has 20 heteroatoms. The van der Waals surface area contributed by atoms with E-state index < -0.39 is 41.5 Å². The van der Waals surface area contributed by atoms with Gasteiger partial charge in [0.1, 0.15) is 93.7 Å². The number of rotatable bonds is 25. The van der Waals surface area contributed by atoms with Gasteiger partial charge in [-0.05, 0) is 44.6 Å². The molecule has 8 aliphatic heterocycles. The summed E-state index contributed by atoms with van der Waals surface area (Å²) in [5.74, 6) is 4.40. The molecule has 7 aromatic rings. The van der Waals surface area contributed by atoms with Crippen LogP contribution in [0.15, 0.2) is 54.7 Å². The summed E-state index contributed by atoms with van der Waals surface area (Å²) in [5.41, 5.74) is 8.61. The zero-order chi connectivity index (χ0) is 59.9. The van der Waals surface area contributed by atoms with Crippen molar-refractivity contribution in [2.45, 2.75) is 155 Å². The fourth-order valence-corrected chi connectivity index (χ4v) is 13.4. The van der Waals surface area contributed by atoms with Crippen LogP contribution in [0.1, 0.15) is 189 Å². The summed E-state index contributed by atoms with van der Waals surface area (Å²) in [6.45, 7) is 15.3. The second-order valence-electron chi connectivity index (χ2n) is 23.6. The molecule has 0 saturated carbocycles. The topological polar surface area (TPSA) is 235 Å². The van der Waals surface area contributed by atoms with Crippen molar-refractivity contribution in [1.82, 2.24) is 39.9 Å². The van der Waals surface area contributed by atoms with Gasteiger partial charge in [0.2, 0.25) is 0 Å². The normalized spacial score (nSPS) is 19.7. The van der Waals surface area contributed by atoms with Gasteiger partial charge in [-0.3, -0.25) is 10.1 Å². The number of nitrogens with zero attached hydrogens (tertiary/aromatic N) is 7. The van der Waals surface area contributed by atoms with E-state index in [0.29, 0.717) is 141 Å². The van der Waals surface area contributed by atoms with Crippen LogP contribution in [0, 0.1) is 10.1 Å². The number of ether oxygens (including phenoxy) is 9. The molecule has 0 unspecified atom stereocenters. The van der Waals surface area contributed by atoms with E-state index in [0.717, 1.165) is 110 Å². The second kappa shape index (κ2) is 22.9. The van der Waals surface area contributed by atoms with E-state index in [-0.39, 0.29) is 29.0 Å². The number of nitrogens with one attached hydrogen (secondary N) is 2. The van der Waals surface area contributed by atoms with Crippen LogP contribution in [0.5, 0.6) is 34.5 Å². The number of benzene rings is 4. The van der Waals surface area contributed by atoms with Gasteiger partial charge in [-0.15, -0.1) is 0 Å². The fourth-order valence-electron chi connectivity index (χ4n) is 13.4. The average molecular weight is 1190 g/mol. The third kappa shape index (κ3) is 8.93. The first-order valence-corrected chi connectivity index (χ1v) is 31.9. The Balaban J connectivity index is 1.16. The Bertz CT molecular complexity index is 4300. The summed E-state index contributed by atoms with van der Waals surface area (Å²) in [7, 11) is 0. The zero-order valence-electron chi connectivity index (χ0n) is 50.5. The molecule has 0 saturated heterocycles. The van der Waals surface area contributed by atoms with Gasteiger partial charge in [0.15, 0.2) is 23.3 Å². The molecule has 15 rings (SSSR count). The monoisotopic (exact) mass is 1190 g/mol. The SMILES string of the molecule is CCCCOc1c2c(c(OCCCC)c3c1[C@@H]1C=C[C@H]3O1)-c1nc3nc(nc4[nH]c(nc5[nH]c(nc-2n1)c1c(OCCCC)c2c(c(OCCCC)c51)[C@@H]1C=C[C@H]2O1)c1c(OCCCC)c2c(c(OCCCC)c41)[C@@H]1C=C[C@H]2O1)-c1ccc([N+](=O)[O-])cc1-3. The van der Waals surface area contributed by atoms with E-state index in [2.05, 4.69) is 88.0 Å². The quantitative estimate of drug-likeness (QED) is 0.0234. The van der Waals surface area contributed by atoms with Crippen LogP contribution in [0.2, 0.25) is 0 Å². The van der Waals surface area contributed by atoms with Gasteiger partial charge in [0.05, 0.1) is 77.2 Å². The second-order valence-corrected chi connectivity index (χ2v) is 23.6. The molecular formula is C68H71N9O11. The maximum absolute atomic E-state index is 12.8. The average Bonchev–Trinajstić information content (AvgIpc) is 1.61. The van der Waals surface area contributed by atoms with Crippen LogP contribution in [-0.2, 0) is 14.2 Å². The van der Waals surface area contributed by atoms with Crippen LogP contribution in [0.4, 0.5) is 5.69 Å². The minimum Gasteiger partial charge on any atom is -0.492 e. The molecule has 11 heterocycles. The highest BCUT2D eigenvalue weighted by Crippen LogP contribution is 2.63. The largest absolute Gasteiger partial charge is 0.492 e. The third-order valence-electron chi connectivity index (χ3n) is 17.7. The Morgan fingerprint density at radius 3 is 1.06 bits per heavy atom. The molecule has 454 valence electrons. The minimum absolute atomic E-state index is 0.145. The maximum atomic E-state index is 12.8. The number of non-ortho nitro benzene ring substituents is 1. The standard InChI is InChI=1S/C68H71N9O11/c1-7-13-27-80-55-43-37-21-23-39(86-37)45(43)57(82-29-15-9-3)51-49(55)63-70-61-35-20-19-34(77(78)79)33-36(35)62(69-61)71-64-50-52(58(83-30-16-10-4)46-40-24-22-38(87-40)44(46)56(50)81-28-14-8-2)66(73-64)75-68-54-53(67(76-68)74-65(51)72-63)59(84-31-17-11-5)47-41-25-26-42(88-41)48(47)60(54)85-32-18-12-6/h19-26,33,37-42H,7-18,27-32H2,1-6H3,(H2,69,70,71,72,73,74,75,76)/t37-,38+,39+,40-,41-,42+/m0/s1. The highest BCUT2D eigenvalue weighted by molar-refractivity contribution is 6.16. The number of unbranched alkanes of at least 4 members (excludes halogenated alkanes) is 6. The van der Waals surface area contributed by atoms with Crippen molar-refractivity contribution in [3.05, 3.63) is 98.2 Å². The number of aromatic nitrogens is 8. The van der Waals surface area contributed by atoms with Gasteiger partial charge in [0, 0.05) is 56.6 Å². The molecule has 0 radical (unpaired) electrons. The molecule has 0 aliphatic carbocycles. The lowest BCUT2D eigenvalue weighted by Crippen LogP contribution is -2.09. The van der Waals surface area contributed by atoms with Gasteiger partial charge in [0.25, 0.3) is 5.69 Å². The highest BCUT2D eigenvalue weighted by Gasteiger charge is 2.47. The summed E-state index contributed by atoms with van der Waals surface area (Å²) in [4.78, 5) is 53.0. The van der Waals surface area contributed by atoms with Crippen LogP contribution in [0.25, 0.3) is 89.7 Å². The Kier molecular flexibility index (Phi) is 14.6. The van der Waals surface area contributed by atoms with E-state index in [1.165, 1.54) is 12.1 Å². The Morgan fingerprint density at radius 1 is 0.398 bits per heavy atom. The number of nitro benzene ring substituents is 1. The summed E-state index contributed by atoms with van der Waals surface area (Å²) < 4.78 is 62.6. The molecule has 88 heavy (non-hydrogen) atoms.